The fourth-order valence-corrected chi connectivity index (χ4v) is 3.63. The summed E-state index contributed by atoms with van der Waals surface area (Å²) < 4.78 is 16.5. The molecule has 1 unspecified atom stereocenters. The van der Waals surface area contributed by atoms with Crippen molar-refractivity contribution in [3.05, 3.63) is 42.5 Å². The summed E-state index contributed by atoms with van der Waals surface area (Å²) in [4.78, 5) is 27.5. The minimum atomic E-state index is -0.699. The van der Waals surface area contributed by atoms with E-state index in [1.165, 1.54) is 0 Å². The van der Waals surface area contributed by atoms with Crippen LogP contribution in [-0.2, 0) is 9.59 Å². The maximum absolute atomic E-state index is 12.9. The van der Waals surface area contributed by atoms with E-state index in [1.807, 2.05) is 43.0 Å². The largest absolute Gasteiger partial charge is 0.497 e. The molecule has 2 amide bonds. The van der Waals surface area contributed by atoms with Crippen molar-refractivity contribution < 1.29 is 23.8 Å². The van der Waals surface area contributed by atoms with Gasteiger partial charge in [-0.3, -0.25) is 9.59 Å². The first-order chi connectivity index (χ1) is 15.5. The van der Waals surface area contributed by atoms with Crippen LogP contribution in [0.2, 0.25) is 0 Å². The molecule has 3 rings (SSSR count). The molecule has 32 heavy (non-hydrogen) atoms. The lowest BCUT2D eigenvalue weighted by molar-refractivity contribution is -0.129. The lowest BCUT2D eigenvalue weighted by Crippen LogP contribution is -2.52. The van der Waals surface area contributed by atoms with Gasteiger partial charge >= 0.3 is 0 Å². The quantitative estimate of drug-likeness (QED) is 0.621. The number of methoxy groups -OCH3 is 2. The van der Waals surface area contributed by atoms with E-state index in [0.29, 0.717) is 22.9 Å². The summed E-state index contributed by atoms with van der Waals surface area (Å²) in [6.07, 6.45) is 0.999. The lowest BCUT2D eigenvalue weighted by Gasteiger charge is -2.35. The fraction of sp³-hybridized carbons (Fsp3) is 0.417. The van der Waals surface area contributed by atoms with Gasteiger partial charge in [-0.15, -0.1) is 0 Å². The highest BCUT2D eigenvalue weighted by atomic mass is 16.5. The Balaban J connectivity index is 1.74. The third-order valence-corrected chi connectivity index (χ3v) is 5.46. The van der Waals surface area contributed by atoms with Gasteiger partial charge in [0.2, 0.25) is 5.91 Å². The number of hydrogen-bond acceptors (Lipinski definition) is 6. The molecule has 2 aromatic carbocycles. The number of nitrogens with one attached hydrogen (secondary N) is 2. The van der Waals surface area contributed by atoms with Gasteiger partial charge in [0.05, 0.1) is 33.0 Å². The standard InChI is InChI=1S/C24H31N3O5/c1-5-16(6-2)26-24(29)22-14-27(20-9-7-8-10-21(20)32-22)15-23(28)25-17-11-18(30-3)13-19(12-17)31-4/h7-13,16,22H,5-6,14-15H2,1-4H3,(H,25,28)(H,26,29). The van der Waals surface area contributed by atoms with E-state index in [2.05, 4.69) is 10.6 Å². The predicted octanol–water partition coefficient (Wildman–Crippen LogP) is 3.21. The van der Waals surface area contributed by atoms with Crippen LogP contribution in [0.4, 0.5) is 11.4 Å². The number of benzene rings is 2. The zero-order valence-electron chi connectivity index (χ0n) is 19.0. The molecule has 1 aliphatic heterocycles. The molecule has 0 radical (unpaired) electrons. The third-order valence-electron chi connectivity index (χ3n) is 5.46. The van der Waals surface area contributed by atoms with E-state index >= 15 is 0 Å². The van der Waals surface area contributed by atoms with E-state index in [1.54, 1.807) is 32.4 Å². The summed E-state index contributed by atoms with van der Waals surface area (Å²) in [6, 6.07) is 12.7. The van der Waals surface area contributed by atoms with Crippen molar-refractivity contribution in [2.24, 2.45) is 0 Å². The van der Waals surface area contributed by atoms with Crippen LogP contribution >= 0.6 is 0 Å². The Hall–Kier alpha value is -3.42. The molecule has 0 spiro atoms. The molecule has 0 saturated carbocycles. The number of anilines is 2. The second kappa shape index (κ2) is 10.7. The molecule has 0 aliphatic carbocycles. The lowest BCUT2D eigenvalue weighted by atomic mass is 10.1. The molecule has 1 atom stereocenters. The summed E-state index contributed by atoms with van der Waals surface area (Å²) in [5.74, 6) is 1.34. The van der Waals surface area contributed by atoms with Crippen LogP contribution in [0.1, 0.15) is 26.7 Å². The van der Waals surface area contributed by atoms with Crippen LogP contribution in [0.15, 0.2) is 42.5 Å². The highest BCUT2D eigenvalue weighted by Gasteiger charge is 2.32. The second-order valence-electron chi connectivity index (χ2n) is 7.63. The number of carbonyl (C=O) groups is 2. The normalized spacial score (nSPS) is 14.9. The number of hydrogen-bond donors (Lipinski definition) is 2. The molecular weight excluding hydrogens is 410 g/mol. The second-order valence-corrected chi connectivity index (χ2v) is 7.63. The van der Waals surface area contributed by atoms with Crippen LogP contribution in [0.25, 0.3) is 0 Å². The number of amides is 2. The number of fused-ring (bicyclic) bond motifs is 1. The van der Waals surface area contributed by atoms with Crippen LogP contribution in [-0.4, -0.2) is 51.3 Å². The van der Waals surface area contributed by atoms with Crippen molar-refractivity contribution in [1.82, 2.24) is 5.32 Å². The van der Waals surface area contributed by atoms with E-state index in [4.69, 9.17) is 14.2 Å². The van der Waals surface area contributed by atoms with Gasteiger partial charge in [-0.1, -0.05) is 26.0 Å². The summed E-state index contributed by atoms with van der Waals surface area (Å²) >= 11 is 0. The molecule has 0 saturated heterocycles. The van der Waals surface area contributed by atoms with Crippen LogP contribution in [0, 0.1) is 0 Å². The first-order valence-electron chi connectivity index (χ1n) is 10.8. The van der Waals surface area contributed by atoms with Crippen LogP contribution in [0.3, 0.4) is 0 Å². The molecule has 172 valence electrons. The summed E-state index contributed by atoms with van der Waals surface area (Å²) in [6.45, 7) is 4.41. The molecule has 0 bridgehead atoms. The third kappa shape index (κ3) is 5.63. The number of carbonyl (C=O) groups excluding carboxylic acids is 2. The van der Waals surface area contributed by atoms with E-state index in [-0.39, 0.29) is 30.9 Å². The SMILES string of the molecule is CCC(CC)NC(=O)C1CN(CC(=O)Nc2cc(OC)cc(OC)c2)c2ccccc2O1. The van der Waals surface area contributed by atoms with Gasteiger partial charge < -0.3 is 29.7 Å². The molecular formula is C24H31N3O5. The zero-order valence-corrected chi connectivity index (χ0v) is 19.0. The Kier molecular flexibility index (Phi) is 7.81. The summed E-state index contributed by atoms with van der Waals surface area (Å²) in [5.41, 5.74) is 1.34. The van der Waals surface area contributed by atoms with Crippen molar-refractivity contribution in [1.29, 1.82) is 0 Å². The maximum atomic E-state index is 12.9. The topological polar surface area (TPSA) is 89.1 Å². The number of nitrogens with zero attached hydrogens (tertiary/aromatic N) is 1. The van der Waals surface area contributed by atoms with Crippen molar-refractivity contribution >= 4 is 23.2 Å². The monoisotopic (exact) mass is 441 g/mol. The fourth-order valence-electron chi connectivity index (χ4n) is 3.63. The molecule has 8 nitrogen and oxygen atoms in total. The van der Waals surface area contributed by atoms with Crippen LogP contribution < -0.4 is 29.7 Å². The number of para-hydroxylation sites is 2. The van der Waals surface area contributed by atoms with Gasteiger partial charge in [-0.2, -0.15) is 0 Å². The van der Waals surface area contributed by atoms with Gasteiger partial charge in [0, 0.05) is 29.9 Å². The Morgan fingerprint density at radius 1 is 1.09 bits per heavy atom. The minimum absolute atomic E-state index is 0.0641. The van der Waals surface area contributed by atoms with Gasteiger partial charge in [-0.05, 0) is 25.0 Å². The average Bonchev–Trinajstić information content (AvgIpc) is 2.81. The molecule has 0 aromatic heterocycles. The smallest absolute Gasteiger partial charge is 0.263 e. The summed E-state index contributed by atoms with van der Waals surface area (Å²) in [5, 5.41) is 5.92. The average molecular weight is 442 g/mol. The first kappa shape index (κ1) is 23.2. The Labute approximate surface area is 188 Å². The number of ether oxygens (including phenoxy) is 3. The highest BCUT2D eigenvalue weighted by Crippen LogP contribution is 2.33. The number of rotatable bonds is 9. The molecule has 8 heteroatoms. The van der Waals surface area contributed by atoms with E-state index in [9.17, 15) is 9.59 Å². The molecule has 2 N–H and O–H groups in total. The van der Waals surface area contributed by atoms with Gasteiger partial charge in [0.25, 0.3) is 5.91 Å². The Morgan fingerprint density at radius 3 is 2.38 bits per heavy atom. The summed E-state index contributed by atoms with van der Waals surface area (Å²) in [7, 11) is 3.11. The van der Waals surface area contributed by atoms with Crippen molar-refractivity contribution in [2.75, 3.05) is 37.5 Å². The van der Waals surface area contributed by atoms with Crippen LogP contribution in [0.5, 0.6) is 17.2 Å². The highest BCUT2D eigenvalue weighted by molar-refractivity contribution is 5.95. The van der Waals surface area contributed by atoms with Crippen molar-refractivity contribution in [2.45, 2.75) is 38.8 Å². The Morgan fingerprint density at radius 2 is 1.75 bits per heavy atom. The van der Waals surface area contributed by atoms with Crippen molar-refractivity contribution in [3.63, 3.8) is 0 Å². The van der Waals surface area contributed by atoms with Crippen molar-refractivity contribution in [3.8, 4) is 17.2 Å². The van der Waals surface area contributed by atoms with E-state index < -0.39 is 6.10 Å². The molecule has 0 fully saturated rings. The molecule has 1 heterocycles. The van der Waals surface area contributed by atoms with Gasteiger partial charge in [0.1, 0.15) is 17.2 Å². The predicted molar refractivity (Wildman–Crippen MR) is 124 cm³/mol. The Bertz CT molecular complexity index is 923. The van der Waals surface area contributed by atoms with E-state index in [0.717, 1.165) is 18.5 Å². The maximum Gasteiger partial charge on any atom is 0.263 e. The molecule has 1 aliphatic rings. The van der Waals surface area contributed by atoms with Gasteiger partial charge in [-0.25, -0.2) is 0 Å². The first-order valence-corrected chi connectivity index (χ1v) is 10.8. The molecule has 2 aromatic rings. The zero-order chi connectivity index (χ0) is 23.1. The van der Waals surface area contributed by atoms with Gasteiger partial charge in [0.15, 0.2) is 6.10 Å². The minimum Gasteiger partial charge on any atom is -0.497 e.